The second-order valence-electron chi connectivity index (χ2n) is 4.72. The van der Waals surface area contributed by atoms with E-state index in [1.165, 1.54) is 12.1 Å². The molecule has 112 valence electrons. The molecule has 0 spiro atoms. The molecule has 0 saturated carbocycles. The lowest BCUT2D eigenvalue weighted by atomic mass is 10.00. The zero-order valence-electron chi connectivity index (χ0n) is 11.9. The lowest BCUT2D eigenvalue weighted by molar-refractivity contribution is -0.274. The van der Waals surface area contributed by atoms with Crippen LogP contribution in [-0.2, 0) is 0 Å². The van der Waals surface area contributed by atoms with E-state index in [1.807, 2.05) is 26.0 Å². The predicted molar refractivity (Wildman–Crippen MR) is 74.6 cm³/mol. The van der Waals surface area contributed by atoms with Gasteiger partial charge in [0.25, 0.3) is 0 Å². The lowest BCUT2D eigenvalue weighted by Gasteiger charge is -2.12. The van der Waals surface area contributed by atoms with Crippen molar-refractivity contribution in [2.75, 3.05) is 7.11 Å². The third-order valence-electron chi connectivity index (χ3n) is 3.09. The van der Waals surface area contributed by atoms with Crippen LogP contribution in [0.25, 0.3) is 11.1 Å². The summed E-state index contributed by atoms with van der Waals surface area (Å²) in [5, 5.41) is 0. The topological polar surface area (TPSA) is 18.5 Å². The Bertz CT molecular complexity index is 608. The minimum atomic E-state index is -4.67. The molecule has 0 aromatic heterocycles. The molecule has 0 saturated heterocycles. The average Bonchev–Trinajstić information content (AvgIpc) is 2.37. The zero-order chi connectivity index (χ0) is 15.6. The molecular formula is C16H15F3O2. The van der Waals surface area contributed by atoms with Gasteiger partial charge in [-0.15, -0.1) is 13.2 Å². The molecule has 5 heteroatoms. The number of ether oxygens (including phenoxy) is 2. The van der Waals surface area contributed by atoms with Crippen molar-refractivity contribution in [2.45, 2.75) is 20.2 Å². The number of halogens is 3. The second-order valence-corrected chi connectivity index (χ2v) is 4.72. The summed E-state index contributed by atoms with van der Waals surface area (Å²) in [6.45, 7) is 3.85. The maximum atomic E-state index is 12.1. The first-order chi connectivity index (χ1) is 9.80. The van der Waals surface area contributed by atoms with E-state index in [1.54, 1.807) is 19.2 Å². The van der Waals surface area contributed by atoms with Crippen LogP contribution >= 0.6 is 0 Å². The first kappa shape index (κ1) is 15.2. The van der Waals surface area contributed by atoms with Crippen molar-refractivity contribution < 1.29 is 22.6 Å². The maximum absolute atomic E-state index is 12.1. The highest BCUT2D eigenvalue weighted by Gasteiger charge is 2.30. The third kappa shape index (κ3) is 3.68. The summed E-state index contributed by atoms with van der Waals surface area (Å²) in [4.78, 5) is 0. The van der Waals surface area contributed by atoms with Gasteiger partial charge in [-0.1, -0.05) is 12.1 Å². The van der Waals surface area contributed by atoms with Crippen LogP contribution in [0.15, 0.2) is 36.4 Å². The molecule has 0 unspecified atom stereocenters. The van der Waals surface area contributed by atoms with Gasteiger partial charge in [-0.2, -0.15) is 0 Å². The number of hydrogen-bond acceptors (Lipinski definition) is 2. The molecule has 0 N–H and O–H groups in total. The molecule has 2 aromatic carbocycles. The van der Waals surface area contributed by atoms with Crippen molar-refractivity contribution in [3.63, 3.8) is 0 Å². The van der Waals surface area contributed by atoms with Gasteiger partial charge in [0.05, 0.1) is 7.11 Å². The van der Waals surface area contributed by atoms with Crippen LogP contribution in [0.3, 0.4) is 0 Å². The molecule has 0 aliphatic carbocycles. The van der Waals surface area contributed by atoms with Crippen LogP contribution in [0, 0.1) is 13.8 Å². The van der Waals surface area contributed by atoms with E-state index in [-0.39, 0.29) is 5.75 Å². The molecule has 2 nitrogen and oxygen atoms in total. The molecule has 0 heterocycles. The minimum Gasteiger partial charge on any atom is -0.496 e. The van der Waals surface area contributed by atoms with Crippen molar-refractivity contribution in [3.8, 4) is 22.6 Å². The summed E-state index contributed by atoms with van der Waals surface area (Å²) in [6, 6.07) is 9.68. The number of aryl methyl sites for hydroxylation is 2. The van der Waals surface area contributed by atoms with Gasteiger partial charge in [0.2, 0.25) is 0 Å². The molecule has 2 rings (SSSR count). The first-order valence-corrected chi connectivity index (χ1v) is 6.31. The minimum absolute atomic E-state index is 0.229. The zero-order valence-corrected chi connectivity index (χ0v) is 11.9. The summed E-state index contributed by atoms with van der Waals surface area (Å²) >= 11 is 0. The van der Waals surface area contributed by atoms with Gasteiger partial charge in [-0.25, -0.2) is 0 Å². The van der Waals surface area contributed by atoms with Gasteiger partial charge in [-0.05, 0) is 60.4 Å². The smallest absolute Gasteiger partial charge is 0.496 e. The van der Waals surface area contributed by atoms with Crippen LogP contribution in [0.4, 0.5) is 13.2 Å². The van der Waals surface area contributed by atoms with Crippen molar-refractivity contribution in [1.82, 2.24) is 0 Å². The molecule has 0 bridgehead atoms. The van der Waals surface area contributed by atoms with Crippen LogP contribution in [0.5, 0.6) is 11.5 Å². The Morgan fingerprint density at radius 3 is 1.81 bits per heavy atom. The van der Waals surface area contributed by atoms with Crippen LogP contribution in [0.2, 0.25) is 0 Å². The van der Waals surface area contributed by atoms with E-state index in [9.17, 15) is 13.2 Å². The molecule has 0 radical (unpaired) electrons. The van der Waals surface area contributed by atoms with Crippen molar-refractivity contribution >= 4 is 0 Å². The van der Waals surface area contributed by atoms with E-state index < -0.39 is 6.36 Å². The summed E-state index contributed by atoms with van der Waals surface area (Å²) in [5.74, 6) is 0.587. The summed E-state index contributed by atoms with van der Waals surface area (Å²) < 4.78 is 45.5. The summed E-state index contributed by atoms with van der Waals surface area (Å²) in [5.41, 5.74) is 3.69. The van der Waals surface area contributed by atoms with Gasteiger partial charge in [0.15, 0.2) is 0 Å². The highest BCUT2D eigenvalue weighted by Crippen LogP contribution is 2.31. The fraction of sp³-hybridized carbons (Fsp3) is 0.250. The third-order valence-corrected chi connectivity index (χ3v) is 3.09. The molecular weight excluding hydrogens is 281 g/mol. The van der Waals surface area contributed by atoms with Gasteiger partial charge < -0.3 is 9.47 Å². The second kappa shape index (κ2) is 5.68. The van der Waals surface area contributed by atoms with Gasteiger partial charge >= 0.3 is 6.36 Å². The highest BCUT2D eigenvalue weighted by atomic mass is 19.4. The quantitative estimate of drug-likeness (QED) is 0.804. The first-order valence-electron chi connectivity index (χ1n) is 6.31. The van der Waals surface area contributed by atoms with E-state index in [2.05, 4.69) is 4.74 Å². The number of hydrogen-bond donors (Lipinski definition) is 0. The summed E-state index contributed by atoms with van der Waals surface area (Å²) in [6.07, 6.45) is -4.67. The van der Waals surface area contributed by atoms with Crippen molar-refractivity contribution in [2.24, 2.45) is 0 Å². The molecule has 0 fully saturated rings. The van der Waals surface area contributed by atoms with E-state index in [0.29, 0.717) is 0 Å². The van der Waals surface area contributed by atoms with Crippen LogP contribution < -0.4 is 9.47 Å². The Labute approximate surface area is 121 Å². The normalized spacial score (nSPS) is 11.3. The molecule has 2 aromatic rings. The van der Waals surface area contributed by atoms with E-state index in [0.717, 1.165) is 28.0 Å². The van der Waals surface area contributed by atoms with Gasteiger partial charge in [0.1, 0.15) is 11.5 Å². The number of alkyl halides is 3. The largest absolute Gasteiger partial charge is 0.573 e. The Morgan fingerprint density at radius 1 is 0.857 bits per heavy atom. The Kier molecular flexibility index (Phi) is 4.11. The van der Waals surface area contributed by atoms with E-state index in [4.69, 9.17) is 4.74 Å². The fourth-order valence-electron chi connectivity index (χ4n) is 2.29. The molecule has 0 amide bonds. The number of rotatable bonds is 3. The number of methoxy groups -OCH3 is 1. The van der Waals surface area contributed by atoms with Crippen LogP contribution in [0.1, 0.15) is 11.1 Å². The van der Waals surface area contributed by atoms with Crippen LogP contribution in [-0.4, -0.2) is 13.5 Å². The Morgan fingerprint density at radius 2 is 1.38 bits per heavy atom. The monoisotopic (exact) mass is 296 g/mol. The van der Waals surface area contributed by atoms with E-state index >= 15 is 0 Å². The fourth-order valence-corrected chi connectivity index (χ4v) is 2.29. The predicted octanol–water partition coefficient (Wildman–Crippen LogP) is 4.88. The number of benzene rings is 2. The lowest BCUT2D eigenvalue weighted by Crippen LogP contribution is -2.16. The molecule has 0 atom stereocenters. The van der Waals surface area contributed by atoms with Gasteiger partial charge in [0, 0.05) is 0 Å². The summed E-state index contributed by atoms with van der Waals surface area (Å²) in [7, 11) is 1.61. The highest BCUT2D eigenvalue weighted by molar-refractivity contribution is 5.68. The van der Waals surface area contributed by atoms with Crippen molar-refractivity contribution in [1.29, 1.82) is 0 Å². The molecule has 0 aliphatic rings. The van der Waals surface area contributed by atoms with Crippen molar-refractivity contribution in [3.05, 3.63) is 47.5 Å². The Balaban J connectivity index is 2.31. The standard InChI is InChI=1S/C16H15F3O2/c1-10-8-13(9-11(2)15(10)20-3)12-4-6-14(7-5-12)21-16(17,18)19/h4-9H,1-3H3. The SMILES string of the molecule is COc1c(C)cc(-c2ccc(OC(F)(F)F)cc2)cc1C. The maximum Gasteiger partial charge on any atom is 0.573 e. The average molecular weight is 296 g/mol. The molecule has 21 heavy (non-hydrogen) atoms. The Hall–Kier alpha value is -2.17. The van der Waals surface area contributed by atoms with Gasteiger partial charge in [-0.3, -0.25) is 0 Å². The molecule has 0 aliphatic heterocycles.